The molecule has 0 spiro atoms. The molecular weight excluding hydrogens is 280 g/mol. The second kappa shape index (κ2) is 6.89. The molecule has 2 aromatic heterocycles. The predicted molar refractivity (Wildman–Crippen MR) is 85.0 cm³/mol. The number of hydrogen-bond donors (Lipinski definition) is 1. The van der Waals surface area contributed by atoms with Gasteiger partial charge in [-0.1, -0.05) is 12.1 Å². The molecule has 0 radical (unpaired) electrons. The van der Waals surface area contributed by atoms with Gasteiger partial charge in [-0.3, -0.25) is 14.0 Å². The lowest BCUT2D eigenvalue weighted by Crippen LogP contribution is -2.31. The Morgan fingerprint density at radius 1 is 1.36 bits per heavy atom. The highest BCUT2D eigenvalue weighted by atomic mass is 16.2. The Kier molecular flexibility index (Phi) is 4.93. The Morgan fingerprint density at radius 2 is 2.09 bits per heavy atom. The van der Waals surface area contributed by atoms with Gasteiger partial charge in [-0.15, -0.1) is 6.58 Å². The summed E-state index contributed by atoms with van der Waals surface area (Å²) in [6.07, 6.45) is 3.32. The molecule has 1 N–H and O–H groups in total. The first-order chi connectivity index (χ1) is 10.6. The van der Waals surface area contributed by atoms with Crippen molar-refractivity contribution in [2.24, 2.45) is 0 Å². The molecule has 0 aliphatic carbocycles. The van der Waals surface area contributed by atoms with E-state index in [1.54, 1.807) is 33.7 Å². The molecule has 0 aliphatic heterocycles. The van der Waals surface area contributed by atoms with E-state index in [0.717, 1.165) is 0 Å². The van der Waals surface area contributed by atoms with Crippen LogP contribution in [0.3, 0.4) is 0 Å². The number of carbonyl (C=O) groups is 2. The molecule has 2 aromatic rings. The molecule has 2 amide bonds. The highest BCUT2D eigenvalue weighted by Crippen LogP contribution is 2.15. The molecule has 116 valence electrons. The molecule has 0 saturated heterocycles. The van der Waals surface area contributed by atoms with Crippen LogP contribution < -0.4 is 5.32 Å². The average Bonchev–Trinajstić information content (AvgIpc) is 2.93. The van der Waals surface area contributed by atoms with Gasteiger partial charge in [-0.2, -0.15) is 0 Å². The van der Waals surface area contributed by atoms with Gasteiger partial charge >= 0.3 is 0 Å². The van der Waals surface area contributed by atoms with Crippen molar-refractivity contribution in [2.75, 3.05) is 19.6 Å². The van der Waals surface area contributed by atoms with Gasteiger partial charge in [0.2, 0.25) is 5.82 Å². The molecule has 0 aromatic carbocycles. The summed E-state index contributed by atoms with van der Waals surface area (Å²) in [5.74, 6) is -0.302. The van der Waals surface area contributed by atoms with Crippen LogP contribution in [0.4, 0.5) is 0 Å². The Labute approximate surface area is 129 Å². The van der Waals surface area contributed by atoms with Crippen LogP contribution in [0.25, 0.3) is 5.52 Å². The molecule has 0 bridgehead atoms. The van der Waals surface area contributed by atoms with Gasteiger partial charge in [-0.05, 0) is 26.0 Å². The minimum atomic E-state index is -0.334. The molecule has 2 rings (SSSR count). The van der Waals surface area contributed by atoms with Gasteiger partial charge < -0.3 is 10.2 Å². The monoisotopic (exact) mass is 300 g/mol. The van der Waals surface area contributed by atoms with Crippen LogP contribution in [-0.4, -0.2) is 45.7 Å². The largest absolute Gasteiger partial charge is 0.346 e. The summed E-state index contributed by atoms with van der Waals surface area (Å²) in [6.45, 7) is 8.93. The van der Waals surface area contributed by atoms with Crippen LogP contribution in [0.15, 0.2) is 37.1 Å². The van der Waals surface area contributed by atoms with E-state index >= 15 is 0 Å². The van der Waals surface area contributed by atoms with E-state index in [9.17, 15) is 9.59 Å². The predicted octanol–water partition coefficient (Wildman–Crippen LogP) is 1.73. The van der Waals surface area contributed by atoms with E-state index in [2.05, 4.69) is 16.9 Å². The van der Waals surface area contributed by atoms with Crippen LogP contribution in [0.2, 0.25) is 0 Å². The summed E-state index contributed by atoms with van der Waals surface area (Å²) in [4.78, 5) is 30.7. The quantitative estimate of drug-likeness (QED) is 0.826. The van der Waals surface area contributed by atoms with Gasteiger partial charge in [0, 0.05) is 25.8 Å². The highest BCUT2D eigenvalue weighted by Gasteiger charge is 2.23. The number of imidazole rings is 1. The molecule has 0 fully saturated rings. The van der Waals surface area contributed by atoms with E-state index in [1.807, 2.05) is 19.9 Å². The average molecular weight is 300 g/mol. The number of rotatable bonds is 6. The Bertz CT molecular complexity index is 701. The fourth-order valence-electron chi connectivity index (χ4n) is 2.26. The Morgan fingerprint density at radius 3 is 2.73 bits per heavy atom. The van der Waals surface area contributed by atoms with Gasteiger partial charge in [0.25, 0.3) is 11.8 Å². The molecule has 0 unspecified atom stereocenters. The Hall–Kier alpha value is -2.63. The van der Waals surface area contributed by atoms with Gasteiger partial charge in [0.05, 0.1) is 5.52 Å². The SMILES string of the molecule is C=CCNC(=O)c1nc(C(=O)N(CC)CC)c2ccccn12. The molecule has 2 heterocycles. The third kappa shape index (κ3) is 2.86. The van der Waals surface area contributed by atoms with Gasteiger partial charge in [0.1, 0.15) is 0 Å². The summed E-state index contributed by atoms with van der Waals surface area (Å²) in [5, 5.41) is 2.68. The molecule has 6 heteroatoms. The van der Waals surface area contributed by atoms with Crippen molar-refractivity contribution >= 4 is 17.3 Å². The van der Waals surface area contributed by atoms with E-state index < -0.39 is 0 Å². The Balaban J connectivity index is 2.50. The standard InChI is InChI=1S/C16H20N4O2/c1-4-10-17-15(21)14-18-13(16(22)19(5-2)6-3)12-9-7-8-11-20(12)14/h4,7-9,11H,1,5-6,10H2,2-3H3,(H,17,21). The van der Waals surface area contributed by atoms with E-state index in [1.165, 1.54) is 0 Å². The van der Waals surface area contributed by atoms with E-state index in [0.29, 0.717) is 30.8 Å². The van der Waals surface area contributed by atoms with Crippen LogP contribution in [-0.2, 0) is 0 Å². The molecule has 0 aliphatic rings. The highest BCUT2D eigenvalue weighted by molar-refractivity contribution is 6.02. The fourth-order valence-corrected chi connectivity index (χ4v) is 2.26. The maximum atomic E-state index is 12.6. The summed E-state index contributed by atoms with van der Waals surface area (Å²) >= 11 is 0. The number of aromatic nitrogens is 2. The molecule has 0 saturated carbocycles. The minimum Gasteiger partial charge on any atom is -0.346 e. The number of nitrogens with zero attached hydrogens (tertiary/aromatic N) is 3. The number of amides is 2. The third-order valence-corrected chi connectivity index (χ3v) is 3.41. The lowest BCUT2D eigenvalue weighted by atomic mass is 10.3. The summed E-state index contributed by atoms with van der Waals surface area (Å²) in [6, 6.07) is 5.40. The van der Waals surface area contributed by atoms with E-state index in [-0.39, 0.29) is 17.6 Å². The zero-order valence-electron chi connectivity index (χ0n) is 12.9. The van der Waals surface area contributed by atoms with E-state index in [4.69, 9.17) is 0 Å². The number of carbonyl (C=O) groups excluding carboxylic acids is 2. The van der Waals surface area contributed by atoms with Crippen molar-refractivity contribution in [1.29, 1.82) is 0 Å². The summed E-state index contributed by atoms with van der Waals surface area (Å²) in [7, 11) is 0. The third-order valence-electron chi connectivity index (χ3n) is 3.41. The van der Waals surface area contributed by atoms with Crippen molar-refractivity contribution < 1.29 is 9.59 Å². The number of pyridine rings is 1. The minimum absolute atomic E-state index is 0.170. The maximum Gasteiger partial charge on any atom is 0.287 e. The lowest BCUT2D eigenvalue weighted by Gasteiger charge is -2.17. The molecular formula is C16H20N4O2. The zero-order valence-corrected chi connectivity index (χ0v) is 12.9. The number of nitrogens with one attached hydrogen (secondary N) is 1. The molecule has 6 nitrogen and oxygen atoms in total. The van der Waals surface area contributed by atoms with Crippen molar-refractivity contribution in [3.05, 3.63) is 48.6 Å². The second-order valence-electron chi connectivity index (χ2n) is 4.72. The first-order valence-electron chi connectivity index (χ1n) is 7.29. The first-order valence-corrected chi connectivity index (χ1v) is 7.29. The first kappa shape index (κ1) is 15.8. The lowest BCUT2D eigenvalue weighted by molar-refractivity contribution is 0.0769. The normalized spacial score (nSPS) is 10.5. The molecule has 0 atom stereocenters. The number of fused-ring (bicyclic) bond motifs is 1. The van der Waals surface area contributed by atoms with Crippen LogP contribution in [0.1, 0.15) is 35.0 Å². The molecule has 22 heavy (non-hydrogen) atoms. The van der Waals surface area contributed by atoms with Crippen molar-refractivity contribution in [1.82, 2.24) is 19.6 Å². The topological polar surface area (TPSA) is 66.7 Å². The van der Waals surface area contributed by atoms with Crippen LogP contribution in [0, 0.1) is 0 Å². The van der Waals surface area contributed by atoms with Crippen LogP contribution in [0.5, 0.6) is 0 Å². The van der Waals surface area contributed by atoms with Crippen molar-refractivity contribution in [2.45, 2.75) is 13.8 Å². The number of hydrogen-bond acceptors (Lipinski definition) is 3. The second-order valence-corrected chi connectivity index (χ2v) is 4.72. The van der Waals surface area contributed by atoms with Crippen molar-refractivity contribution in [3.63, 3.8) is 0 Å². The maximum absolute atomic E-state index is 12.6. The van der Waals surface area contributed by atoms with Crippen molar-refractivity contribution in [3.8, 4) is 0 Å². The van der Waals surface area contributed by atoms with Gasteiger partial charge in [-0.25, -0.2) is 4.98 Å². The van der Waals surface area contributed by atoms with Crippen LogP contribution >= 0.6 is 0 Å². The smallest absolute Gasteiger partial charge is 0.287 e. The summed E-state index contributed by atoms with van der Waals surface area (Å²) in [5.41, 5.74) is 0.927. The van der Waals surface area contributed by atoms with Gasteiger partial charge in [0.15, 0.2) is 5.69 Å². The zero-order chi connectivity index (χ0) is 16.1. The summed E-state index contributed by atoms with van der Waals surface area (Å²) < 4.78 is 1.63. The fraction of sp³-hybridized carbons (Fsp3) is 0.312.